The molecule has 1 atom stereocenters. The van der Waals surface area contributed by atoms with Gasteiger partial charge in [0.05, 0.1) is 11.7 Å². The highest BCUT2D eigenvalue weighted by Gasteiger charge is 2.10. The predicted octanol–water partition coefficient (Wildman–Crippen LogP) is 1.46. The Balaban J connectivity index is 4.43. The van der Waals surface area contributed by atoms with Crippen LogP contribution < -0.4 is 0 Å². The molecule has 88 valence electrons. The number of aliphatic hydroxyl groups is 1. The second-order valence-corrected chi connectivity index (χ2v) is 3.57. The Morgan fingerprint density at radius 2 is 1.93 bits per heavy atom. The minimum Gasteiger partial charge on any atom is -0.478 e. The topological polar surface area (TPSA) is 60.8 Å². The van der Waals surface area contributed by atoms with Crippen molar-refractivity contribution in [3.8, 4) is 0 Å². The molecular weight excluding hydrogens is 194 g/mol. The van der Waals surface area contributed by atoms with Crippen molar-refractivity contribution in [2.75, 3.05) is 13.1 Å². The third-order valence-electron chi connectivity index (χ3n) is 2.26. The summed E-state index contributed by atoms with van der Waals surface area (Å²) in [6.07, 6.45) is 2.11. The summed E-state index contributed by atoms with van der Waals surface area (Å²) in [7, 11) is 0. The molecular formula is C11H21NO3. The lowest BCUT2D eigenvalue weighted by molar-refractivity contribution is -0.132. The first-order valence-corrected chi connectivity index (χ1v) is 5.37. The molecule has 0 radical (unpaired) electrons. The van der Waals surface area contributed by atoms with E-state index in [0.29, 0.717) is 18.4 Å². The quantitative estimate of drug-likeness (QED) is 0.631. The molecule has 0 amide bonds. The lowest BCUT2D eigenvalue weighted by Crippen LogP contribution is -2.18. The zero-order valence-corrected chi connectivity index (χ0v) is 9.73. The monoisotopic (exact) mass is 215 g/mol. The Labute approximate surface area is 91.2 Å². The molecule has 0 saturated carbocycles. The van der Waals surface area contributed by atoms with Gasteiger partial charge in [0.15, 0.2) is 0 Å². The number of aliphatic hydroxyl groups excluding tert-OH is 1. The number of aliphatic carboxylic acids is 1. The second kappa shape index (κ2) is 7.29. The number of rotatable bonds is 7. The fraction of sp³-hybridized carbons (Fsp3) is 0.727. The van der Waals surface area contributed by atoms with Gasteiger partial charge in [-0.1, -0.05) is 0 Å². The van der Waals surface area contributed by atoms with Crippen LogP contribution in [0.2, 0.25) is 0 Å². The van der Waals surface area contributed by atoms with Crippen molar-refractivity contribution >= 4 is 5.97 Å². The number of nitrogens with zero attached hydrogens (tertiary/aromatic N) is 1. The average Bonchev–Trinajstić information content (AvgIpc) is 2.17. The highest BCUT2D eigenvalue weighted by atomic mass is 16.4. The third kappa shape index (κ3) is 6.12. The van der Waals surface area contributed by atoms with E-state index in [9.17, 15) is 4.79 Å². The SMILES string of the molecule is CCN(C=C(CCC(C)O)C(=O)O)CC. The van der Waals surface area contributed by atoms with Crippen molar-refractivity contribution in [2.45, 2.75) is 39.7 Å². The minimum absolute atomic E-state index is 0.361. The van der Waals surface area contributed by atoms with Crippen molar-refractivity contribution < 1.29 is 15.0 Å². The lowest BCUT2D eigenvalue weighted by atomic mass is 10.1. The number of hydrogen-bond acceptors (Lipinski definition) is 3. The van der Waals surface area contributed by atoms with E-state index in [1.807, 2.05) is 18.7 Å². The van der Waals surface area contributed by atoms with E-state index in [4.69, 9.17) is 10.2 Å². The molecule has 0 fully saturated rings. The zero-order valence-electron chi connectivity index (χ0n) is 9.73. The third-order valence-corrected chi connectivity index (χ3v) is 2.26. The highest BCUT2D eigenvalue weighted by molar-refractivity contribution is 5.86. The van der Waals surface area contributed by atoms with Gasteiger partial charge in [-0.05, 0) is 33.6 Å². The van der Waals surface area contributed by atoms with Crippen molar-refractivity contribution in [3.05, 3.63) is 11.8 Å². The van der Waals surface area contributed by atoms with Crippen molar-refractivity contribution in [1.82, 2.24) is 4.90 Å². The molecule has 0 rings (SSSR count). The Bertz CT molecular complexity index is 220. The van der Waals surface area contributed by atoms with Crippen molar-refractivity contribution in [1.29, 1.82) is 0 Å². The largest absolute Gasteiger partial charge is 0.478 e. The molecule has 15 heavy (non-hydrogen) atoms. The number of carbonyl (C=O) groups is 1. The van der Waals surface area contributed by atoms with E-state index < -0.39 is 12.1 Å². The van der Waals surface area contributed by atoms with E-state index in [2.05, 4.69) is 0 Å². The standard InChI is InChI=1S/C11H21NO3/c1-4-12(5-2)8-10(11(14)15)7-6-9(3)13/h8-9,13H,4-7H2,1-3H3,(H,14,15). The molecule has 4 heteroatoms. The van der Waals surface area contributed by atoms with E-state index in [1.54, 1.807) is 13.1 Å². The second-order valence-electron chi connectivity index (χ2n) is 3.57. The normalized spacial score (nSPS) is 13.7. The summed E-state index contributed by atoms with van der Waals surface area (Å²) in [5.74, 6) is -0.900. The van der Waals surface area contributed by atoms with Crippen LogP contribution in [0.3, 0.4) is 0 Å². The van der Waals surface area contributed by atoms with Crippen LogP contribution in [-0.4, -0.2) is 40.3 Å². The summed E-state index contributed by atoms with van der Waals surface area (Å²) in [4.78, 5) is 12.8. The van der Waals surface area contributed by atoms with Crippen molar-refractivity contribution in [2.24, 2.45) is 0 Å². The van der Waals surface area contributed by atoms with Gasteiger partial charge in [0, 0.05) is 19.3 Å². The van der Waals surface area contributed by atoms with Crippen LogP contribution in [0.4, 0.5) is 0 Å². The summed E-state index contributed by atoms with van der Waals surface area (Å²) in [5, 5.41) is 18.0. The van der Waals surface area contributed by atoms with Crippen LogP contribution in [-0.2, 0) is 4.79 Å². The van der Waals surface area contributed by atoms with Gasteiger partial charge in [0.2, 0.25) is 0 Å². The van der Waals surface area contributed by atoms with E-state index >= 15 is 0 Å². The molecule has 0 heterocycles. The van der Waals surface area contributed by atoms with Gasteiger partial charge in [0.25, 0.3) is 0 Å². The Hall–Kier alpha value is -1.03. The maximum absolute atomic E-state index is 10.9. The molecule has 2 N–H and O–H groups in total. The smallest absolute Gasteiger partial charge is 0.333 e. The first-order chi connectivity index (χ1) is 7.01. The van der Waals surface area contributed by atoms with Crippen LogP contribution in [0.1, 0.15) is 33.6 Å². The molecule has 0 aromatic rings. The summed E-state index contributed by atoms with van der Waals surface area (Å²) >= 11 is 0. The maximum atomic E-state index is 10.9. The molecule has 0 aliphatic carbocycles. The Morgan fingerprint density at radius 1 is 1.40 bits per heavy atom. The van der Waals surface area contributed by atoms with E-state index in [-0.39, 0.29) is 0 Å². The molecule has 1 unspecified atom stereocenters. The van der Waals surface area contributed by atoms with E-state index in [0.717, 1.165) is 13.1 Å². The molecule has 0 saturated heterocycles. The van der Waals surface area contributed by atoms with Gasteiger partial charge in [-0.25, -0.2) is 4.79 Å². The highest BCUT2D eigenvalue weighted by Crippen LogP contribution is 2.09. The zero-order chi connectivity index (χ0) is 11.8. The van der Waals surface area contributed by atoms with Gasteiger partial charge in [-0.3, -0.25) is 0 Å². The van der Waals surface area contributed by atoms with Gasteiger partial charge >= 0.3 is 5.97 Å². The van der Waals surface area contributed by atoms with Gasteiger partial charge in [-0.2, -0.15) is 0 Å². The molecule has 0 spiro atoms. The van der Waals surface area contributed by atoms with Gasteiger partial charge < -0.3 is 15.1 Å². The van der Waals surface area contributed by atoms with Crippen LogP contribution in [0.25, 0.3) is 0 Å². The van der Waals surface area contributed by atoms with Gasteiger partial charge in [0.1, 0.15) is 0 Å². The predicted molar refractivity (Wildman–Crippen MR) is 59.6 cm³/mol. The molecule has 4 nitrogen and oxygen atoms in total. The molecule has 0 bridgehead atoms. The minimum atomic E-state index is -0.900. The van der Waals surface area contributed by atoms with Crippen molar-refractivity contribution in [3.63, 3.8) is 0 Å². The number of carboxylic acids is 1. The van der Waals surface area contributed by atoms with E-state index in [1.165, 1.54) is 0 Å². The summed E-state index contributed by atoms with van der Waals surface area (Å²) in [6, 6.07) is 0. The molecule has 0 aliphatic rings. The van der Waals surface area contributed by atoms with Crippen LogP contribution >= 0.6 is 0 Å². The van der Waals surface area contributed by atoms with Gasteiger partial charge in [-0.15, -0.1) is 0 Å². The van der Waals surface area contributed by atoms with Crippen LogP contribution in [0.5, 0.6) is 0 Å². The molecule has 0 aromatic heterocycles. The molecule has 0 aromatic carbocycles. The number of carboxylic acid groups (broad SMARTS) is 1. The summed E-state index contributed by atoms with van der Waals surface area (Å²) in [5.41, 5.74) is 0.361. The van der Waals surface area contributed by atoms with Crippen LogP contribution in [0.15, 0.2) is 11.8 Å². The molecule has 0 aliphatic heterocycles. The number of hydrogen-bond donors (Lipinski definition) is 2. The fourth-order valence-electron chi connectivity index (χ4n) is 1.22. The summed E-state index contributed by atoms with van der Waals surface area (Å²) < 4.78 is 0. The fourth-order valence-corrected chi connectivity index (χ4v) is 1.22. The maximum Gasteiger partial charge on any atom is 0.333 e. The lowest BCUT2D eigenvalue weighted by Gasteiger charge is -2.17. The Kier molecular flexibility index (Phi) is 6.79. The first kappa shape index (κ1) is 14.0. The van der Waals surface area contributed by atoms with Crippen LogP contribution in [0, 0.1) is 0 Å². The Morgan fingerprint density at radius 3 is 2.27 bits per heavy atom. The first-order valence-electron chi connectivity index (χ1n) is 5.37. The average molecular weight is 215 g/mol. The summed E-state index contributed by atoms with van der Waals surface area (Å²) in [6.45, 7) is 7.21.